The predicted octanol–water partition coefficient (Wildman–Crippen LogP) is 0.0817. The van der Waals surface area contributed by atoms with Crippen LogP contribution in [0, 0.1) is 0 Å². The molecule has 7 unspecified atom stereocenters. The molecule has 2 aromatic heterocycles. The van der Waals surface area contributed by atoms with Crippen LogP contribution >= 0.6 is 40.0 Å². The van der Waals surface area contributed by atoms with Crippen molar-refractivity contribution < 1.29 is 34.7 Å². The van der Waals surface area contributed by atoms with E-state index in [1.807, 2.05) is 30.3 Å². The molecule has 4 rings (SSSR count). The van der Waals surface area contributed by atoms with Crippen molar-refractivity contribution in [3.8, 4) is 11.1 Å². The van der Waals surface area contributed by atoms with E-state index in [0.717, 1.165) is 14.7 Å². The molecule has 210 valence electrons. The number of aromatic nitrogens is 3. The second-order valence-electron chi connectivity index (χ2n) is 7.51. The number of nitrogens with zero attached hydrogens (tertiary/aromatic N) is 3. The minimum atomic E-state index is -1.39. The zero-order valence-electron chi connectivity index (χ0n) is 20.0. The highest BCUT2D eigenvalue weighted by Gasteiger charge is 2.43. The lowest BCUT2D eigenvalue weighted by atomic mass is 10.1. The van der Waals surface area contributed by atoms with Gasteiger partial charge in [0.1, 0.15) is 12.2 Å². The molecule has 1 aliphatic heterocycles. The summed E-state index contributed by atoms with van der Waals surface area (Å²) in [6.07, 6.45) is -1.92. The Kier molecular flexibility index (Phi) is 16.1. The molecular formula is C22H31ClN3O9P3. The van der Waals surface area contributed by atoms with Crippen LogP contribution in [0.15, 0.2) is 64.4 Å². The molecule has 3 aromatic rings. The van der Waals surface area contributed by atoms with Crippen molar-refractivity contribution in [2.45, 2.75) is 37.5 Å². The Hall–Kier alpha value is -1.65. The molecule has 0 bridgehead atoms. The number of aliphatic hydroxyl groups excluding tert-OH is 3. The summed E-state index contributed by atoms with van der Waals surface area (Å²) in [6, 6.07) is 12.3. The van der Waals surface area contributed by atoms with E-state index in [1.54, 1.807) is 6.07 Å². The molecule has 0 saturated carbocycles. The Morgan fingerprint density at radius 1 is 0.974 bits per heavy atom. The molecule has 12 nitrogen and oxygen atoms in total. The van der Waals surface area contributed by atoms with Crippen molar-refractivity contribution in [3.05, 3.63) is 86.4 Å². The first-order chi connectivity index (χ1) is 18.4. The second kappa shape index (κ2) is 17.8. The number of aliphatic hydroxyl groups is 3. The van der Waals surface area contributed by atoms with Gasteiger partial charge in [0.2, 0.25) is 0 Å². The summed E-state index contributed by atoms with van der Waals surface area (Å²) < 4.78 is 7.61. The van der Waals surface area contributed by atoms with Crippen molar-refractivity contribution in [3.63, 3.8) is 0 Å². The van der Waals surface area contributed by atoms with Gasteiger partial charge in [0.25, 0.3) is 5.56 Å². The molecule has 16 heteroatoms. The zero-order valence-corrected chi connectivity index (χ0v) is 24.2. The first-order valence-corrected chi connectivity index (χ1v) is 12.7. The van der Waals surface area contributed by atoms with Crippen LogP contribution in [0.1, 0.15) is 18.3 Å². The van der Waals surface area contributed by atoms with Crippen molar-refractivity contribution in [1.82, 2.24) is 14.1 Å². The average molecular weight is 610 g/mol. The number of pyridine rings is 1. The molecular weight excluding hydrogens is 579 g/mol. The third-order valence-corrected chi connectivity index (χ3v) is 5.74. The van der Waals surface area contributed by atoms with Gasteiger partial charge in [0.05, 0.1) is 23.4 Å². The van der Waals surface area contributed by atoms with E-state index >= 15 is 0 Å². The van der Waals surface area contributed by atoms with Crippen molar-refractivity contribution >= 4 is 40.0 Å². The highest BCUT2D eigenvalue weighted by Crippen LogP contribution is 2.30. The Morgan fingerprint density at radius 2 is 1.61 bits per heavy atom. The van der Waals surface area contributed by atoms with Crippen molar-refractivity contribution in [2.75, 3.05) is 6.61 Å². The Bertz CT molecular complexity index is 1230. The summed E-state index contributed by atoms with van der Waals surface area (Å²) in [5.41, 5.74) is 0.744. The summed E-state index contributed by atoms with van der Waals surface area (Å²) in [6.45, 7) is -0.373. The number of ether oxygens (including phenoxy) is 1. The third kappa shape index (κ3) is 8.42. The van der Waals surface area contributed by atoms with Gasteiger partial charge in [-0.1, -0.05) is 41.9 Å². The van der Waals surface area contributed by atoms with E-state index in [-0.39, 0.29) is 19.6 Å². The molecule has 1 aromatic carbocycles. The number of benzene rings is 1. The van der Waals surface area contributed by atoms with Crippen LogP contribution in [-0.4, -0.2) is 69.0 Å². The van der Waals surface area contributed by atoms with Crippen LogP contribution < -0.4 is 11.2 Å². The van der Waals surface area contributed by atoms with Crippen molar-refractivity contribution in [1.29, 1.82) is 0 Å². The van der Waals surface area contributed by atoms with Gasteiger partial charge in [0, 0.05) is 30.6 Å². The van der Waals surface area contributed by atoms with Gasteiger partial charge in [-0.3, -0.25) is 18.9 Å². The summed E-state index contributed by atoms with van der Waals surface area (Å²) in [7, 11) is 4.25. The highest BCUT2D eigenvalue weighted by molar-refractivity contribution is 7.08. The molecule has 1 saturated heterocycles. The van der Waals surface area contributed by atoms with Gasteiger partial charge in [-0.25, -0.2) is 4.79 Å². The molecule has 3 heterocycles. The molecule has 0 spiro atoms. The third-order valence-electron chi connectivity index (χ3n) is 5.44. The van der Waals surface area contributed by atoms with Crippen LogP contribution in [0.25, 0.3) is 11.1 Å². The maximum atomic E-state index is 13.1. The van der Waals surface area contributed by atoms with Crippen LogP contribution in [0.3, 0.4) is 0 Å². The zero-order chi connectivity index (χ0) is 28.8. The van der Waals surface area contributed by atoms with E-state index in [1.165, 1.54) is 46.9 Å². The van der Waals surface area contributed by atoms with E-state index < -0.39 is 35.8 Å². The molecule has 0 aliphatic carbocycles. The van der Waals surface area contributed by atoms with E-state index in [0.29, 0.717) is 16.3 Å². The minimum Gasteiger partial charge on any atom is -0.396 e. The average Bonchev–Trinajstić information content (AvgIpc) is 3.24. The smallest absolute Gasteiger partial charge is 0.333 e. The summed E-state index contributed by atoms with van der Waals surface area (Å²) in [5.74, 6) is 0. The first-order valence-electron chi connectivity index (χ1n) is 10.8. The fraction of sp³-hybridized carbons (Fsp3) is 0.318. The topological polar surface area (TPSA) is 188 Å². The normalized spacial score (nSPS) is 19.7. The van der Waals surface area contributed by atoms with Gasteiger partial charge in [-0.2, -0.15) is 0 Å². The molecule has 1 aliphatic rings. The van der Waals surface area contributed by atoms with Crippen LogP contribution in [0.5, 0.6) is 0 Å². The SMILES string of the molecule is O=c1ccn(C2OC(CCO)C(O)C2O)c(=O)n1Cc1cc(-c2ccccc2)c(Cl)cn1.OP.OP.OP. The molecule has 38 heavy (non-hydrogen) atoms. The standard InChI is InChI=1S/C22H22ClN3O6.3H3OP/c23-16-11-24-14(10-15(16)13-4-2-1-3-5-13)12-26-18(28)6-8-25(22(26)31)21-20(30)19(29)17(32-21)7-9-27;3*1-2/h1-6,8,10-11,17,19-21,27,29-30H,7,9,12H2;3*1H,2H2. The fourth-order valence-corrected chi connectivity index (χ4v) is 3.98. The molecule has 1 fully saturated rings. The summed E-state index contributed by atoms with van der Waals surface area (Å²) >= 11 is 6.29. The quantitative estimate of drug-likeness (QED) is 0.209. The van der Waals surface area contributed by atoms with Gasteiger partial charge < -0.3 is 34.7 Å². The molecule has 7 atom stereocenters. The first kappa shape index (κ1) is 34.4. The Balaban J connectivity index is 0.00000112. The number of hydrogen-bond donors (Lipinski definition) is 6. The largest absolute Gasteiger partial charge is 0.396 e. The Morgan fingerprint density at radius 3 is 2.21 bits per heavy atom. The summed E-state index contributed by atoms with van der Waals surface area (Å²) in [4.78, 5) is 50.5. The maximum Gasteiger partial charge on any atom is 0.333 e. The van der Waals surface area contributed by atoms with E-state index in [2.05, 4.69) is 4.98 Å². The molecule has 0 radical (unpaired) electrons. The van der Waals surface area contributed by atoms with Crippen molar-refractivity contribution in [2.24, 2.45) is 0 Å². The summed E-state index contributed by atoms with van der Waals surface area (Å²) in [5, 5.41) is 30.0. The monoisotopic (exact) mass is 609 g/mol. The number of hydrogen-bond acceptors (Lipinski definition) is 10. The van der Waals surface area contributed by atoms with Gasteiger partial charge in [-0.15, -0.1) is 0 Å². The fourth-order valence-electron chi connectivity index (χ4n) is 3.76. The van der Waals surface area contributed by atoms with E-state index in [9.17, 15) is 19.8 Å². The number of halogens is 1. The van der Waals surface area contributed by atoms with E-state index in [4.69, 9.17) is 36.1 Å². The van der Waals surface area contributed by atoms with Crippen LogP contribution in [0.2, 0.25) is 5.02 Å². The van der Waals surface area contributed by atoms with Gasteiger partial charge in [0.15, 0.2) is 6.23 Å². The second-order valence-corrected chi connectivity index (χ2v) is 7.92. The van der Waals surface area contributed by atoms with Gasteiger partial charge in [-0.05, 0) is 46.5 Å². The lowest BCUT2D eigenvalue weighted by Crippen LogP contribution is -2.43. The molecule has 6 N–H and O–H groups in total. The minimum absolute atomic E-state index is 0.0973. The van der Waals surface area contributed by atoms with Gasteiger partial charge >= 0.3 is 5.69 Å². The molecule has 0 amide bonds. The van der Waals surface area contributed by atoms with Crippen LogP contribution in [0.4, 0.5) is 0 Å². The highest BCUT2D eigenvalue weighted by atomic mass is 35.5. The number of rotatable bonds is 6. The predicted molar refractivity (Wildman–Crippen MR) is 152 cm³/mol. The van der Waals surface area contributed by atoms with Crippen LogP contribution in [-0.2, 0) is 11.3 Å². The lowest BCUT2D eigenvalue weighted by Gasteiger charge is -2.18. The Labute approximate surface area is 230 Å². The lowest BCUT2D eigenvalue weighted by molar-refractivity contribution is -0.0458. The maximum absolute atomic E-state index is 13.1.